The van der Waals surface area contributed by atoms with Crippen molar-refractivity contribution in [3.05, 3.63) is 46.7 Å². The van der Waals surface area contributed by atoms with Gasteiger partial charge in [0.15, 0.2) is 0 Å². The number of rotatable bonds is 3. The van der Waals surface area contributed by atoms with E-state index < -0.39 is 15.8 Å². The Bertz CT molecular complexity index is 765. The van der Waals surface area contributed by atoms with Crippen molar-refractivity contribution in [2.45, 2.75) is 4.90 Å². The van der Waals surface area contributed by atoms with Crippen LogP contribution in [0.3, 0.4) is 0 Å². The SMILES string of the molecule is Nc1ccc(Nc2ccc(Br)c(F)c2)c(S(N)(=O)=O)c1. The van der Waals surface area contributed by atoms with Crippen LogP contribution in [0.25, 0.3) is 0 Å². The van der Waals surface area contributed by atoms with Crippen molar-refractivity contribution >= 4 is 43.0 Å². The van der Waals surface area contributed by atoms with Gasteiger partial charge in [0.1, 0.15) is 10.7 Å². The fourth-order valence-electron chi connectivity index (χ4n) is 1.61. The highest BCUT2D eigenvalue weighted by Crippen LogP contribution is 2.28. The van der Waals surface area contributed by atoms with Crippen molar-refractivity contribution in [3.8, 4) is 0 Å². The molecule has 5 N–H and O–H groups in total. The first-order valence-corrected chi connectivity index (χ1v) is 7.76. The number of nitrogen functional groups attached to an aromatic ring is 1. The molecule has 0 spiro atoms. The quantitative estimate of drug-likeness (QED) is 0.733. The molecule has 0 aromatic heterocycles. The van der Waals surface area contributed by atoms with Crippen molar-refractivity contribution in [2.24, 2.45) is 5.14 Å². The lowest BCUT2D eigenvalue weighted by Crippen LogP contribution is -2.14. The van der Waals surface area contributed by atoms with Crippen LogP contribution in [0.1, 0.15) is 0 Å². The molecule has 20 heavy (non-hydrogen) atoms. The van der Waals surface area contributed by atoms with E-state index in [2.05, 4.69) is 21.2 Å². The molecule has 0 saturated carbocycles. The molecule has 5 nitrogen and oxygen atoms in total. The number of anilines is 3. The normalized spacial score (nSPS) is 11.3. The summed E-state index contributed by atoms with van der Waals surface area (Å²) >= 11 is 3.04. The first kappa shape index (κ1) is 14.8. The van der Waals surface area contributed by atoms with Gasteiger partial charge in [0, 0.05) is 11.4 Å². The van der Waals surface area contributed by atoms with Gasteiger partial charge in [-0.15, -0.1) is 0 Å². The molecule has 0 atom stereocenters. The third-order valence-corrected chi connectivity index (χ3v) is 4.10. The zero-order chi connectivity index (χ0) is 14.9. The van der Waals surface area contributed by atoms with Crippen LogP contribution in [-0.2, 0) is 10.0 Å². The van der Waals surface area contributed by atoms with E-state index in [9.17, 15) is 12.8 Å². The van der Waals surface area contributed by atoms with Gasteiger partial charge in [0.05, 0.1) is 10.2 Å². The van der Waals surface area contributed by atoms with Crippen LogP contribution in [0.5, 0.6) is 0 Å². The van der Waals surface area contributed by atoms with E-state index in [4.69, 9.17) is 10.9 Å². The molecule has 0 radical (unpaired) electrons. The molecule has 0 aliphatic heterocycles. The van der Waals surface area contributed by atoms with E-state index in [1.54, 1.807) is 6.07 Å². The van der Waals surface area contributed by atoms with Crippen LogP contribution in [0, 0.1) is 5.82 Å². The summed E-state index contributed by atoms with van der Waals surface area (Å²) in [5.41, 5.74) is 6.43. The van der Waals surface area contributed by atoms with Gasteiger partial charge in [0.2, 0.25) is 10.0 Å². The minimum absolute atomic E-state index is 0.152. The number of hydrogen-bond acceptors (Lipinski definition) is 4. The summed E-state index contributed by atoms with van der Waals surface area (Å²) in [6.45, 7) is 0. The van der Waals surface area contributed by atoms with Gasteiger partial charge < -0.3 is 11.1 Å². The third-order valence-electron chi connectivity index (χ3n) is 2.51. The summed E-state index contributed by atoms with van der Waals surface area (Å²) in [5.74, 6) is -0.470. The van der Waals surface area contributed by atoms with Gasteiger partial charge in [-0.25, -0.2) is 17.9 Å². The summed E-state index contributed by atoms with van der Waals surface area (Å²) in [4.78, 5) is -0.152. The Hall–Kier alpha value is -1.64. The van der Waals surface area contributed by atoms with Crippen molar-refractivity contribution in [3.63, 3.8) is 0 Å². The Balaban J connectivity index is 2.46. The number of nitrogens with one attached hydrogen (secondary N) is 1. The molecule has 0 heterocycles. The molecule has 0 aliphatic carbocycles. The van der Waals surface area contributed by atoms with E-state index in [0.29, 0.717) is 10.2 Å². The van der Waals surface area contributed by atoms with Crippen LogP contribution >= 0.6 is 15.9 Å². The van der Waals surface area contributed by atoms with E-state index in [1.807, 2.05) is 0 Å². The second-order valence-corrected chi connectivity index (χ2v) is 6.44. The van der Waals surface area contributed by atoms with Gasteiger partial charge >= 0.3 is 0 Å². The first-order valence-electron chi connectivity index (χ1n) is 5.42. The maximum atomic E-state index is 13.4. The van der Waals surface area contributed by atoms with Gasteiger partial charge in [-0.2, -0.15) is 0 Å². The topological polar surface area (TPSA) is 98.2 Å². The predicted octanol–water partition coefficient (Wildman–Crippen LogP) is 2.56. The van der Waals surface area contributed by atoms with Gasteiger partial charge in [-0.1, -0.05) is 0 Å². The molecule has 0 bridgehead atoms. The molecule has 0 amide bonds. The number of sulfonamides is 1. The maximum absolute atomic E-state index is 13.4. The summed E-state index contributed by atoms with van der Waals surface area (Å²) in [5, 5.41) is 7.93. The van der Waals surface area contributed by atoms with Crippen LogP contribution in [0.2, 0.25) is 0 Å². The van der Waals surface area contributed by atoms with E-state index in [-0.39, 0.29) is 16.3 Å². The Morgan fingerprint density at radius 2 is 1.85 bits per heavy atom. The molecule has 8 heteroatoms. The maximum Gasteiger partial charge on any atom is 0.240 e. The fourth-order valence-corrected chi connectivity index (χ4v) is 2.58. The Morgan fingerprint density at radius 3 is 2.45 bits per heavy atom. The molecule has 0 saturated heterocycles. The number of benzene rings is 2. The van der Waals surface area contributed by atoms with Crippen molar-refractivity contribution in [1.82, 2.24) is 0 Å². The predicted molar refractivity (Wildman–Crippen MR) is 79.6 cm³/mol. The van der Waals surface area contributed by atoms with E-state index >= 15 is 0 Å². The van der Waals surface area contributed by atoms with Crippen LogP contribution < -0.4 is 16.2 Å². The van der Waals surface area contributed by atoms with Crippen LogP contribution in [0.15, 0.2) is 45.8 Å². The van der Waals surface area contributed by atoms with Gasteiger partial charge in [-0.3, -0.25) is 0 Å². The minimum atomic E-state index is -3.94. The van der Waals surface area contributed by atoms with Crippen LogP contribution in [-0.4, -0.2) is 8.42 Å². The van der Waals surface area contributed by atoms with E-state index in [0.717, 1.165) is 0 Å². The second kappa shape index (κ2) is 5.39. The van der Waals surface area contributed by atoms with Crippen LogP contribution in [0.4, 0.5) is 21.5 Å². The largest absolute Gasteiger partial charge is 0.399 e. The lowest BCUT2D eigenvalue weighted by Gasteiger charge is -2.12. The molecule has 2 aromatic rings. The average molecular weight is 360 g/mol. The van der Waals surface area contributed by atoms with Crippen molar-refractivity contribution < 1.29 is 12.8 Å². The highest BCUT2D eigenvalue weighted by atomic mass is 79.9. The lowest BCUT2D eigenvalue weighted by atomic mass is 10.2. The first-order chi connectivity index (χ1) is 9.27. The molecule has 0 aliphatic rings. The number of hydrogen-bond donors (Lipinski definition) is 3. The number of primary sulfonamides is 1. The molecular formula is C12H11BrFN3O2S. The monoisotopic (exact) mass is 359 g/mol. The molecule has 106 valence electrons. The zero-order valence-corrected chi connectivity index (χ0v) is 12.5. The molecular weight excluding hydrogens is 349 g/mol. The summed E-state index contributed by atoms with van der Waals surface area (Å²) in [7, 11) is -3.94. The number of halogens is 2. The summed E-state index contributed by atoms with van der Waals surface area (Å²) in [6.07, 6.45) is 0. The smallest absolute Gasteiger partial charge is 0.240 e. The average Bonchev–Trinajstić information content (AvgIpc) is 2.35. The Labute approximate surface area is 124 Å². The minimum Gasteiger partial charge on any atom is -0.399 e. The van der Waals surface area contributed by atoms with Gasteiger partial charge in [0.25, 0.3) is 0 Å². The lowest BCUT2D eigenvalue weighted by molar-refractivity contribution is 0.598. The number of nitrogens with two attached hydrogens (primary N) is 2. The molecule has 2 aromatic carbocycles. The van der Waals surface area contributed by atoms with E-state index in [1.165, 1.54) is 30.3 Å². The summed E-state index contributed by atoms with van der Waals surface area (Å²) < 4.78 is 36.8. The third kappa shape index (κ3) is 3.27. The molecule has 0 fully saturated rings. The zero-order valence-electron chi connectivity index (χ0n) is 10.1. The molecule has 2 rings (SSSR count). The fraction of sp³-hybridized carbons (Fsp3) is 0. The standard InChI is InChI=1S/C12H11BrFN3O2S/c13-9-3-2-8(6-10(9)14)17-11-4-1-7(15)5-12(11)20(16,18)19/h1-6,17H,15H2,(H2,16,18,19). The van der Waals surface area contributed by atoms with Gasteiger partial charge in [-0.05, 0) is 52.3 Å². The Morgan fingerprint density at radius 1 is 1.15 bits per heavy atom. The van der Waals surface area contributed by atoms with Crippen molar-refractivity contribution in [1.29, 1.82) is 0 Å². The summed E-state index contributed by atoms with van der Waals surface area (Å²) in [6, 6.07) is 8.56. The molecule has 0 unspecified atom stereocenters. The van der Waals surface area contributed by atoms with Crippen molar-refractivity contribution in [2.75, 3.05) is 11.1 Å². The second-order valence-electron chi connectivity index (χ2n) is 4.05. The Kier molecular flexibility index (Phi) is 3.98. The highest BCUT2D eigenvalue weighted by molar-refractivity contribution is 9.10. The highest BCUT2D eigenvalue weighted by Gasteiger charge is 2.15.